The van der Waals surface area contributed by atoms with Gasteiger partial charge in [-0.15, -0.1) is 0 Å². The molecule has 0 aliphatic carbocycles. The number of carbonyl (C=O) groups is 1. The molecule has 1 aliphatic heterocycles. The van der Waals surface area contributed by atoms with Crippen molar-refractivity contribution in [2.75, 3.05) is 26.7 Å². The smallest absolute Gasteiger partial charge is 0.387 e. The monoisotopic (exact) mass is 428 g/mol. The molecule has 2 aromatic rings. The van der Waals surface area contributed by atoms with Crippen molar-refractivity contribution in [2.45, 2.75) is 38.8 Å². The molecule has 6 heteroatoms. The van der Waals surface area contributed by atoms with Crippen LogP contribution in [0.2, 0.25) is 0 Å². The second-order valence-electron chi connectivity index (χ2n) is 8.10. The Morgan fingerprint density at radius 3 is 2.52 bits per heavy atom. The first-order valence-corrected chi connectivity index (χ1v) is 10.7. The third-order valence-electron chi connectivity index (χ3n) is 5.67. The second kappa shape index (κ2) is 11.0. The fourth-order valence-electron chi connectivity index (χ4n) is 4.04. The highest BCUT2D eigenvalue weighted by Gasteiger charge is 2.23. The van der Waals surface area contributed by atoms with E-state index in [1.165, 1.54) is 18.6 Å². The Hall–Kier alpha value is -2.73. The number of hydrogen-bond donors (Lipinski definition) is 0. The van der Waals surface area contributed by atoms with Gasteiger partial charge >= 0.3 is 6.61 Å². The molecule has 0 radical (unpaired) electrons. The maximum Gasteiger partial charge on any atom is 0.387 e. The highest BCUT2D eigenvalue weighted by atomic mass is 19.3. The molecule has 0 spiro atoms. The molecule has 1 amide bonds. The molecule has 166 valence electrons. The van der Waals surface area contributed by atoms with Crippen LogP contribution in [0.25, 0.3) is 6.08 Å². The van der Waals surface area contributed by atoms with Crippen molar-refractivity contribution in [3.05, 3.63) is 71.3 Å². The molecular weight excluding hydrogens is 398 g/mol. The molecule has 0 N–H and O–H groups in total. The van der Waals surface area contributed by atoms with Crippen LogP contribution in [-0.2, 0) is 0 Å². The van der Waals surface area contributed by atoms with Gasteiger partial charge in [-0.25, -0.2) is 0 Å². The van der Waals surface area contributed by atoms with Crippen molar-refractivity contribution < 1.29 is 18.3 Å². The Bertz CT molecular complexity index is 869. The van der Waals surface area contributed by atoms with Gasteiger partial charge in [0.2, 0.25) is 0 Å². The van der Waals surface area contributed by atoms with Gasteiger partial charge in [0.1, 0.15) is 5.75 Å². The second-order valence-corrected chi connectivity index (χ2v) is 8.10. The lowest BCUT2D eigenvalue weighted by atomic mass is 10.1. The van der Waals surface area contributed by atoms with Crippen LogP contribution in [-0.4, -0.2) is 55.0 Å². The van der Waals surface area contributed by atoms with E-state index in [2.05, 4.69) is 22.8 Å². The van der Waals surface area contributed by atoms with Crippen LogP contribution in [0.1, 0.15) is 42.1 Å². The summed E-state index contributed by atoms with van der Waals surface area (Å²) in [4.78, 5) is 17.5. The number of alkyl halides is 2. The molecule has 1 heterocycles. The zero-order chi connectivity index (χ0) is 22.2. The Kier molecular flexibility index (Phi) is 8.18. The van der Waals surface area contributed by atoms with Crippen LogP contribution in [0.5, 0.6) is 5.75 Å². The Morgan fingerprint density at radius 1 is 1.19 bits per heavy atom. The summed E-state index contributed by atoms with van der Waals surface area (Å²) in [6.07, 6.45) is 5.33. The molecule has 1 saturated heterocycles. The zero-order valence-electron chi connectivity index (χ0n) is 18.1. The molecule has 0 saturated carbocycles. The van der Waals surface area contributed by atoms with E-state index in [0.717, 1.165) is 30.5 Å². The van der Waals surface area contributed by atoms with Gasteiger partial charge in [-0.2, -0.15) is 8.78 Å². The van der Waals surface area contributed by atoms with E-state index in [-0.39, 0.29) is 11.7 Å². The third-order valence-corrected chi connectivity index (χ3v) is 5.67. The first-order valence-electron chi connectivity index (χ1n) is 10.7. The van der Waals surface area contributed by atoms with Gasteiger partial charge in [-0.1, -0.05) is 42.0 Å². The maximum atomic E-state index is 13.2. The summed E-state index contributed by atoms with van der Waals surface area (Å²) in [5.74, 6) is -0.0594. The number of hydrogen-bond acceptors (Lipinski definition) is 3. The Morgan fingerprint density at radius 2 is 1.90 bits per heavy atom. The van der Waals surface area contributed by atoms with Crippen LogP contribution < -0.4 is 4.74 Å². The largest absolute Gasteiger partial charge is 0.435 e. The summed E-state index contributed by atoms with van der Waals surface area (Å²) >= 11 is 0. The SMILES string of the molecule is C/C(=C\c1ccccc1)CN(CCC1CCCN1C)C(=O)c1ccc(OC(F)F)cc1. The molecule has 1 unspecified atom stereocenters. The van der Waals surface area contributed by atoms with Gasteiger partial charge in [0, 0.05) is 24.7 Å². The first-order chi connectivity index (χ1) is 14.9. The van der Waals surface area contributed by atoms with E-state index in [1.807, 2.05) is 42.2 Å². The van der Waals surface area contributed by atoms with Crippen molar-refractivity contribution >= 4 is 12.0 Å². The maximum absolute atomic E-state index is 13.2. The zero-order valence-corrected chi connectivity index (χ0v) is 18.1. The number of benzene rings is 2. The van der Waals surface area contributed by atoms with Crippen LogP contribution in [0, 0.1) is 0 Å². The lowest BCUT2D eigenvalue weighted by molar-refractivity contribution is -0.0498. The van der Waals surface area contributed by atoms with Gasteiger partial charge in [0.25, 0.3) is 5.91 Å². The third kappa shape index (κ3) is 6.89. The summed E-state index contributed by atoms with van der Waals surface area (Å²) in [6.45, 7) is 1.39. The van der Waals surface area contributed by atoms with Crippen molar-refractivity contribution in [1.29, 1.82) is 0 Å². The summed E-state index contributed by atoms with van der Waals surface area (Å²) in [5, 5.41) is 0. The van der Waals surface area contributed by atoms with Crippen LogP contribution >= 0.6 is 0 Å². The highest BCUT2D eigenvalue weighted by Crippen LogP contribution is 2.21. The van der Waals surface area contributed by atoms with E-state index >= 15 is 0 Å². The average Bonchev–Trinajstić information content (AvgIpc) is 3.16. The summed E-state index contributed by atoms with van der Waals surface area (Å²) < 4.78 is 29.2. The first kappa shape index (κ1) is 22.9. The molecular formula is C25H30F2N2O2. The molecule has 3 rings (SSSR count). The molecule has 1 fully saturated rings. The van der Waals surface area contributed by atoms with Crippen molar-refractivity contribution in [3.63, 3.8) is 0 Å². The predicted molar refractivity (Wildman–Crippen MR) is 119 cm³/mol. The van der Waals surface area contributed by atoms with Gasteiger partial charge < -0.3 is 14.5 Å². The summed E-state index contributed by atoms with van der Waals surface area (Å²) in [5.41, 5.74) is 2.64. The molecule has 1 atom stereocenters. The number of ether oxygens (including phenoxy) is 1. The fraction of sp³-hybridized carbons (Fsp3) is 0.400. The normalized spacial score (nSPS) is 17.2. The molecule has 4 nitrogen and oxygen atoms in total. The Labute approximate surface area is 183 Å². The van der Waals surface area contributed by atoms with Crippen LogP contribution in [0.4, 0.5) is 8.78 Å². The standard InChI is InChI=1S/C25H30F2N2O2/c1-19(17-20-7-4-3-5-8-20)18-29(16-14-22-9-6-15-28(22)2)24(30)21-10-12-23(13-11-21)31-25(26)27/h3-5,7-8,10-13,17,22,25H,6,9,14-16,18H2,1-2H3/b19-17+. The highest BCUT2D eigenvalue weighted by molar-refractivity contribution is 5.94. The number of likely N-dealkylation sites (tertiary alicyclic amines) is 1. The average molecular weight is 429 g/mol. The van der Waals surface area contributed by atoms with Crippen LogP contribution in [0.3, 0.4) is 0 Å². The van der Waals surface area contributed by atoms with Gasteiger partial charge in [-0.3, -0.25) is 4.79 Å². The van der Waals surface area contributed by atoms with Gasteiger partial charge in [-0.05, 0) is 69.6 Å². The van der Waals surface area contributed by atoms with E-state index in [9.17, 15) is 13.6 Å². The summed E-state index contributed by atoms with van der Waals surface area (Å²) in [6, 6.07) is 16.4. The number of rotatable bonds is 9. The van der Waals surface area contributed by atoms with E-state index < -0.39 is 6.61 Å². The number of halogens is 2. The molecule has 1 aliphatic rings. The van der Waals surface area contributed by atoms with Gasteiger partial charge in [0.05, 0.1) is 0 Å². The number of amides is 1. The molecule has 2 aromatic carbocycles. The van der Waals surface area contributed by atoms with Crippen LogP contribution in [0.15, 0.2) is 60.2 Å². The topological polar surface area (TPSA) is 32.8 Å². The molecule has 0 bridgehead atoms. The van der Waals surface area contributed by atoms with Crippen molar-refractivity contribution in [1.82, 2.24) is 9.80 Å². The molecule has 31 heavy (non-hydrogen) atoms. The van der Waals surface area contributed by atoms with Gasteiger partial charge in [0.15, 0.2) is 0 Å². The van der Waals surface area contributed by atoms with Crippen molar-refractivity contribution in [3.8, 4) is 5.75 Å². The van der Waals surface area contributed by atoms with E-state index in [0.29, 0.717) is 24.7 Å². The van der Waals surface area contributed by atoms with E-state index in [1.54, 1.807) is 12.1 Å². The number of nitrogens with zero attached hydrogens (tertiary/aromatic N) is 2. The lowest BCUT2D eigenvalue weighted by Gasteiger charge is -2.27. The minimum absolute atomic E-state index is 0.0471. The lowest BCUT2D eigenvalue weighted by Crippen LogP contribution is -2.37. The molecule has 0 aromatic heterocycles. The minimum atomic E-state index is -2.88. The number of carbonyl (C=O) groups excluding carboxylic acids is 1. The fourth-order valence-corrected chi connectivity index (χ4v) is 4.04. The Balaban J connectivity index is 1.73. The summed E-state index contributed by atoms with van der Waals surface area (Å²) in [7, 11) is 2.13. The van der Waals surface area contributed by atoms with E-state index in [4.69, 9.17) is 0 Å². The predicted octanol–water partition coefficient (Wildman–Crippen LogP) is 5.32. The minimum Gasteiger partial charge on any atom is -0.435 e. The van der Waals surface area contributed by atoms with Crippen molar-refractivity contribution in [2.24, 2.45) is 0 Å². The quantitative estimate of drug-likeness (QED) is 0.542.